The van der Waals surface area contributed by atoms with E-state index in [2.05, 4.69) is 77.8 Å². The smallest absolute Gasteiger partial charge is 0.170 e. The molecule has 0 unspecified atom stereocenters. The minimum absolute atomic E-state index is 0.0162. The number of hydrogen-bond donors (Lipinski definition) is 1. The third-order valence-corrected chi connectivity index (χ3v) is 6.54. The van der Waals surface area contributed by atoms with E-state index >= 15 is 0 Å². The number of para-hydroxylation sites is 1. The lowest BCUT2D eigenvalue weighted by atomic mass is 9.96. The number of rotatable bonds is 6. The van der Waals surface area contributed by atoms with Crippen LogP contribution in [0.25, 0.3) is 5.69 Å². The number of hydrogen-bond acceptors (Lipinski definition) is 3. The van der Waals surface area contributed by atoms with Gasteiger partial charge in [-0.1, -0.05) is 24.3 Å². The second-order valence-corrected chi connectivity index (χ2v) is 8.60. The molecule has 31 heavy (non-hydrogen) atoms. The maximum atomic E-state index is 5.75. The molecule has 1 aliphatic heterocycles. The van der Waals surface area contributed by atoms with Gasteiger partial charge in [0.25, 0.3) is 0 Å². The van der Waals surface area contributed by atoms with E-state index in [-0.39, 0.29) is 12.1 Å². The van der Waals surface area contributed by atoms with Crippen molar-refractivity contribution in [3.05, 3.63) is 82.4 Å². The Bertz CT molecular complexity index is 1070. The third-order valence-electron chi connectivity index (χ3n) is 6.19. The molecule has 2 aromatic heterocycles. The first-order valence-corrected chi connectivity index (χ1v) is 11.1. The minimum atomic E-state index is -0.0162. The van der Waals surface area contributed by atoms with E-state index in [4.69, 9.17) is 17.0 Å². The topological polar surface area (TPSA) is 42.3 Å². The van der Waals surface area contributed by atoms with Gasteiger partial charge in [0.15, 0.2) is 5.11 Å². The first kappa shape index (κ1) is 21.5. The molecular weight excluding hydrogens is 404 g/mol. The molecule has 1 fully saturated rings. The summed E-state index contributed by atoms with van der Waals surface area (Å²) in [7, 11) is 1.73. The summed E-state index contributed by atoms with van der Waals surface area (Å²) in [6.45, 7) is 10.1. The number of ether oxygens (including phenoxy) is 1. The zero-order valence-corrected chi connectivity index (χ0v) is 19.7. The van der Waals surface area contributed by atoms with Crippen molar-refractivity contribution < 1.29 is 4.74 Å². The molecule has 4 rings (SSSR count). The molecule has 3 heterocycles. The van der Waals surface area contributed by atoms with Crippen molar-refractivity contribution >= 4 is 17.3 Å². The zero-order chi connectivity index (χ0) is 22.1. The molecule has 5 nitrogen and oxygen atoms in total. The van der Waals surface area contributed by atoms with Crippen LogP contribution in [0.3, 0.4) is 0 Å². The summed E-state index contributed by atoms with van der Waals surface area (Å²) in [5, 5.41) is 4.27. The molecule has 3 aromatic rings. The highest BCUT2D eigenvalue weighted by Crippen LogP contribution is 2.41. The Morgan fingerprint density at radius 2 is 1.81 bits per heavy atom. The van der Waals surface area contributed by atoms with Gasteiger partial charge in [-0.25, -0.2) is 0 Å². The van der Waals surface area contributed by atoms with Gasteiger partial charge in [-0.2, -0.15) is 0 Å². The lowest BCUT2D eigenvalue weighted by Gasteiger charge is -2.28. The Hall–Kier alpha value is -2.70. The largest absolute Gasteiger partial charge is 0.383 e. The first-order valence-electron chi connectivity index (χ1n) is 10.7. The summed E-state index contributed by atoms with van der Waals surface area (Å²) in [5.41, 5.74) is 8.50. The quantitative estimate of drug-likeness (QED) is 0.569. The Morgan fingerprint density at radius 1 is 1.06 bits per heavy atom. The average molecular weight is 435 g/mol. The summed E-state index contributed by atoms with van der Waals surface area (Å²) in [6.07, 6.45) is 1.84. The number of pyridine rings is 1. The van der Waals surface area contributed by atoms with Crippen molar-refractivity contribution in [2.75, 3.05) is 20.3 Å². The van der Waals surface area contributed by atoms with E-state index in [1.807, 2.05) is 18.3 Å². The van der Waals surface area contributed by atoms with Gasteiger partial charge in [-0.3, -0.25) is 4.98 Å². The SMILES string of the molecule is COCCN1C(=S)N[C@H](c2ccccn2)[C@@H]1c1cc(C)n(-c2c(C)cccc2C)c1C. The highest BCUT2D eigenvalue weighted by atomic mass is 32.1. The van der Waals surface area contributed by atoms with Crippen LogP contribution in [0.1, 0.15) is 45.9 Å². The van der Waals surface area contributed by atoms with Gasteiger partial charge >= 0.3 is 0 Å². The summed E-state index contributed by atoms with van der Waals surface area (Å²) in [4.78, 5) is 6.89. The molecule has 1 N–H and O–H groups in total. The van der Waals surface area contributed by atoms with Gasteiger partial charge in [0, 0.05) is 31.2 Å². The second kappa shape index (κ2) is 8.81. The van der Waals surface area contributed by atoms with E-state index in [0.29, 0.717) is 6.61 Å². The van der Waals surface area contributed by atoms with E-state index in [1.54, 1.807) is 7.11 Å². The van der Waals surface area contributed by atoms with Crippen LogP contribution < -0.4 is 5.32 Å². The fourth-order valence-corrected chi connectivity index (χ4v) is 5.10. The van der Waals surface area contributed by atoms with Gasteiger partial charge < -0.3 is 19.5 Å². The highest BCUT2D eigenvalue weighted by Gasteiger charge is 2.41. The lowest BCUT2D eigenvalue weighted by Crippen LogP contribution is -2.32. The molecule has 0 radical (unpaired) electrons. The van der Waals surface area contributed by atoms with Crippen LogP contribution >= 0.6 is 12.2 Å². The number of nitrogens with zero attached hydrogens (tertiary/aromatic N) is 3. The number of benzene rings is 1. The number of aromatic nitrogens is 2. The Kier molecular flexibility index (Phi) is 6.12. The average Bonchev–Trinajstić information content (AvgIpc) is 3.23. The van der Waals surface area contributed by atoms with Crippen molar-refractivity contribution in [1.82, 2.24) is 19.8 Å². The number of methoxy groups -OCH3 is 1. The molecule has 0 aliphatic carbocycles. The Balaban J connectivity index is 1.86. The van der Waals surface area contributed by atoms with Crippen LogP contribution in [-0.4, -0.2) is 39.8 Å². The van der Waals surface area contributed by atoms with E-state index in [1.165, 1.54) is 33.8 Å². The van der Waals surface area contributed by atoms with Crippen LogP contribution in [0.4, 0.5) is 0 Å². The molecule has 1 aromatic carbocycles. The molecule has 1 saturated heterocycles. The van der Waals surface area contributed by atoms with Gasteiger partial charge in [0.1, 0.15) is 0 Å². The molecule has 0 amide bonds. The molecule has 0 saturated carbocycles. The van der Waals surface area contributed by atoms with Gasteiger partial charge in [-0.05, 0) is 74.8 Å². The van der Waals surface area contributed by atoms with E-state index in [9.17, 15) is 0 Å². The van der Waals surface area contributed by atoms with Gasteiger partial charge in [0.05, 0.1) is 30.1 Å². The molecule has 0 spiro atoms. The van der Waals surface area contributed by atoms with Crippen LogP contribution in [-0.2, 0) is 4.74 Å². The zero-order valence-electron chi connectivity index (χ0n) is 18.8. The van der Waals surface area contributed by atoms with Crippen molar-refractivity contribution in [1.29, 1.82) is 0 Å². The third kappa shape index (κ3) is 3.86. The summed E-state index contributed by atoms with van der Waals surface area (Å²) in [6, 6.07) is 14.8. The summed E-state index contributed by atoms with van der Waals surface area (Å²) >= 11 is 5.75. The van der Waals surface area contributed by atoms with Crippen LogP contribution in [0.15, 0.2) is 48.7 Å². The van der Waals surface area contributed by atoms with E-state index < -0.39 is 0 Å². The van der Waals surface area contributed by atoms with Crippen molar-refractivity contribution in [3.8, 4) is 5.69 Å². The molecule has 1 aliphatic rings. The molecule has 2 atom stereocenters. The number of nitrogens with one attached hydrogen (secondary N) is 1. The van der Waals surface area contributed by atoms with Crippen LogP contribution in [0.5, 0.6) is 0 Å². The van der Waals surface area contributed by atoms with Gasteiger partial charge in [-0.15, -0.1) is 0 Å². The highest BCUT2D eigenvalue weighted by molar-refractivity contribution is 7.80. The van der Waals surface area contributed by atoms with Crippen molar-refractivity contribution in [2.24, 2.45) is 0 Å². The predicted molar refractivity (Wildman–Crippen MR) is 129 cm³/mol. The van der Waals surface area contributed by atoms with Crippen molar-refractivity contribution in [2.45, 2.75) is 39.8 Å². The van der Waals surface area contributed by atoms with Crippen LogP contribution in [0.2, 0.25) is 0 Å². The normalized spacial score (nSPS) is 18.5. The first-order chi connectivity index (χ1) is 14.9. The second-order valence-electron chi connectivity index (χ2n) is 8.22. The standard InChI is InChI=1S/C25H30N4OS/c1-16-9-8-10-17(2)23(16)29-18(3)15-20(19(29)4)24-22(21-11-6-7-12-26-21)27-25(31)28(24)13-14-30-5/h6-12,15,22,24H,13-14H2,1-5H3,(H,27,31)/t22-,24+/m1/s1. The number of aryl methyl sites for hydroxylation is 3. The lowest BCUT2D eigenvalue weighted by molar-refractivity contribution is 0.164. The fourth-order valence-electron chi connectivity index (χ4n) is 4.76. The van der Waals surface area contributed by atoms with Crippen LogP contribution in [0, 0.1) is 27.7 Å². The molecule has 0 bridgehead atoms. The number of thiocarbonyl (C=S) groups is 1. The fraction of sp³-hybridized carbons (Fsp3) is 0.360. The molecule has 6 heteroatoms. The minimum Gasteiger partial charge on any atom is -0.383 e. The Morgan fingerprint density at radius 3 is 2.45 bits per heavy atom. The Labute approximate surface area is 190 Å². The van der Waals surface area contributed by atoms with E-state index in [0.717, 1.165) is 17.4 Å². The predicted octanol–water partition coefficient (Wildman–Crippen LogP) is 4.72. The maximum Gasteiger partial charge on any atom is 0.170 e. The summed E-state index contributed by atoms with van der Waals surface area (Å²) in [5.74, 6) is 0. The molecular formula is C25H30N4OS. The summed E-state index contributed by atoms with van der Waals surface area (Å²) < 4.78 is 7.77. The monoisotopic (exact) mass is 434 g/mol. The molecule has 162 valence electrons. The van der Waals surface area contributed by atoms with Gasteiger partial charge in [0.2, 0.25) is 0 Å². The van der Waals surface area contributed by atoms with Crippen molar-refractivity contribution in [3.63, 3.8) is 0 Å². The maximum absolute atomic E-state index is 5.75.